The number of halogens is 1. The Balaban J connectivity index is 2.90. The Morgan fingerprint density at radius 3 is 2.69 bits per heavy atom. The van der Waals surface area contributed by atoms with Gasteiger partial charge in [-0.2, -0.15) is 0 Å². The van der Waals surface area contributed by atoms with Gasteiger partial charge in [0.15, 0.2) is 0 Å². The van der Waals surface area contributed by atoms with Gasteiger partial charge in [0, 0.05) is 22.8 Å². The first-order chi connectivity index (χ1) is 7.45. The first kappa shape index (κ1) is 13.3. The number of carbonyl (C=O) groups excluding carboxylic acids is 1. The highest BCUT2D eigenvalue weighted by Crippen LogP contribution is 2.19. The van der Waals surface area contributed by atoms with Crippen molar-refractivity contribution in [3.63, 3.8) is 0 Å². The molecule has 5 heteroatoms. The van der Waals surface area contributed by atoms with Crippen LogP contribution in [-0.2, 0) is 0 Å². The van der Waals surface area contributed by atoms with Crippen molar-refractivity contribution in [2.45, 2.75) is 32.9 Å². The maximum atomic E-state index is 11.9. The van der Waals surface area contributed by atoms with Crippen LogP contribution in [0.15, 0.2) is 16.7 Å². The molecule has 0 aliphatic heterocycles. The van der Waals surface area contributed by atoms with Gasteiger partial charge in [-0.1, -0.05) is 0 Å². The Hall–Kier alpha value is -0.810. The number of aliphatic hydroxyl groups is 1. The summed E-state index contributed by atoms with van der Waals surface area (Å²) in [5.41, 5.74) is 0.599. The number of aliphatic hydroxyl groups excluding tert-OH is 1. The van der Waals surface area contributed by atoms with Gasteiger partial charge in [-0.15, -0.1) is 0 Å². The SMILES string of the molecule is CC(C)n1cc(Br)cc1C(=O)N[C@@H](C)CO. The molecular formula is C11H17BrN2O2. The van der Waals surface area contributed by atoms with E-state index in [4.69, 9.17) is 5.11 Å². The van der Waals surface area contributed by atoms with Gasteiger partial charge in [-0.05, 0) is 42.8 Å². The fraction of sp³-hybridized carbons (Fsp3) is 0.545. The van der Waals surface area contributed by atoms with E-state index in [-0.39, 0.29) is 24.6 Å². The summed E-state index contributed by atoms with van der Waals surface area (Å²) < 4.78 is 2.77. The average molecular weight is 289 g/mol. The van der Waals surface area contributed by atoms with Crippen LogP contribution in [0.25, 0.3) is 0 Å². The van der Waals surface area contributed by atoms with E-state index in [1.54, 1.807) is 13.0 Å². The van der Waals surface area contributed by atoms with Gasteiger partial charge in [0.2, 0.25) is 0 Å². The molecule has 0 radical (unpaired) electrons. The minimum absolute atomic E-state index is 0.0602. The van der Waals surface area contributed by atoms with Crippen LogP contribution in [0.5, 0.6) is 0 Å². The molecule has 0 aliphatic carbocycles. The third-order valence-electron chi connectivity index (χ3n) is 2.26. The predicted octanol–water partition coefficient (Wildman–Crippen LogP) is 1.94. The van der Waals surface area contributed by atoms with E-state index in [9.17, 15) is 4.79 Å². The quantitative estimate of drug-likeness (QED) is 0.890. The van der Waals surface area contributed by atoms with E-state index in [0.717, 1.165) is 4.47 Å². The largest absolute Gasteiger partial charge is 0.394 e. The molecule has 1 atom stereocenters. The molecule has 2 N–H and O–H groups in total. The number of hydrogen-bond acceptors (Lipinski definition) is 2. The molecular weight excluding hydrogens is 272 g/mol. The second-order valence-corrected chi connectivity index (χ2v) is 5.02. The number of hydrogen-bond donors (Lipinski definition) is 2. The van der Waals surface area contributed by atoms with E-state index >= 15 is 0 Å². The normalized spacial score (nSPS) is 12.9. The van der Waals surface area contributed by atoms with Crippen LogP contribution in [0.3, 0.4) is 0 Å². The molecule has 1 aromatic rings. The second kappa shape index (κ2) is 5.50. The third-order valence-corrected chi connectivity index (χ3v) is 2.69. The first-order valence-corrected chi connectivity index (χ1v) is 6.04. The standard InChI is InChI=1S/C11H17BrN2O2/c1-7(2)14-5-9(12)4-10(14)11(16)13-8(3)6-15/h4-5,7-8,15H,6H2,1-3H3,(H,13,16)/t8-/m0/s1. The monoisotopic (exact) mass is 288 g/mol. The molecule has 1 rings (SSSR count). The molecule has 0 bridgehead atoms. The average Bonchev–Trinajstić information content (AvgIpc) is 2.60. The topological polar surface area (TPSA) is 54.3 Å². The van der Waals surface area contributed by atoms with Gasteiger partial charge in [-0.3, -0.25) is 4.79 Å². The lowest BCUT2D eigenvalue weighted by Gasteiger charge is -2.15. The Kier molecular flexibility index (Phi) is 4.56. The third kappa shape index (κ3) is 3.09. The first-order valence-electron chi connectivity index (χ1n) is 5.24. The molecule has 0 aromatic carbocycles. The summed E-state index contributed by atoms with van der Waals surface area (Å²) in [5, 5.41) is 11.6. The number of amides is 1. The zero-order valence-corrected chi connectivity index (χ0v) is 11.3. The van der Waals surface area contributed by atoms with E-state index < -0.39 is 0 Å². The lowest BCUT2D eigenvalue weighted by atomic mass is 10.3. The summed E-state index contributed by atoms with van der Waals surface area (Å²) in [7, 11) is 0. The van der Waals surface area contributed by atoms with Gasteiger partial charge in [0.25, 0.3) is 5.91 Å². The molecule has 1 aromatic heterocycles. The molecule has 0 spiro atoms. The van der Waals surface area contributed by atoms with Crippen molar-refractivity contribution in [1.29, 1.82) is 0 Å². The molecule has 16 heavy (non-hydrogen) atoms. The summed E-state index contributed by atoms with van der Waals surface area (Å²) in [6.45, 7) is 5.72. The predicted molar refractivity (Wildman–Crippen MR) is 66.5 cm³/mol. The van der Waals surface area contributed by atoms with Crippen molar-refractivity contribution < 1.29 is 9.90 Å². The van der Waals surface area contributed by atoms with Crippen LogP contribution in [0.4, 0.5) is 0 Å². The molecule has 0 saturated heterocycles. The molecule has 0 saturated carbocycles. The Labute approximate surface area is 104 Å². The molecule has 1 amide bonds. The highest BCUT2D eigenvalue weighted by molar-refractivity contribution is 9.10. The van der Waals surface area contributed by atoms with Crippen LogP contribution in [0.2, 0.25) is 0 Å². The minimum atomic E-state index is -0.234. The maximum absolute atomic E-state index is 11.9. The van der Waals surface area contributed by atoms with Gasteiger partial charge < -0.3 is 15.0 Å². The summed E-state index contributed by atoms with van der Waals surface area (Å²) in [6, 6.07) is 1.76. The molecule has 90 valence electrons. The van der Waals surface area contributed by atoms with Crippen LogP contribution in [0, 0.1) is 0 Å². The van der Waals surface area contributed by atoms with Crippen LogP contribution in [-0.4, -0.2) is 28.2 Å². The van der Waals surface area contributed by atoms with Crippen molar-refractivity contribution in [3.05, 3.63) is 22.4 Å². The van der Waals surface area contributed by atoms with E-state index in [1.165, 1.54) is 0 Å². The van der Waals surface area contributed by atoms with Gasteiger partial charge in [-0.25, -0.2) is 0 Å². The van der Waals surface area contributed by atoms with Crippen molar-refractivity contribution >= 4 is 21.8 Å². The van der Waals surface area contributed by atoms with Crippen molar-refractivity contribution in [2.24, 2.45) is 0 Å². The Bertz CT molecular complexity index is 374. The smallest absolute Gasteiger partial charge is 0.268 e. The number of nitrogens with zero attached hydrogens (tertiary/aromatic N) is 1. The Morgan fingerprint density at radius 1 is 1.56 bits per heavy atom. The second-order valence-electron chi connectivity index (χ2n) is 4.10. The highest BCUT2D eigenvalue weighted by atomic mass is 79.9. The zero-order valence-electron chi connectivity index (χ0n) is 9.70. The van der Waals surface area contributed by atoms with E-state index in [2.05, 4.69) is 21.2 Å². The number of aromatic nitrogens is 1. The van der Waals surface area contributed by atoms with Crippen LogP contribution in [0.1, 0.15) is 37.3 Å². The number of nitrogens with one attached hydrogen (secondary N) is 1. The molecule has 0 fully saturated rings. The highest BCUT2D eigenvalue weighted by Gasteiger charge is 2.16. The summed E-state index contributed by atoms with van der Waals surface area (Å²) >= 11 is 3.35. The minimum Gasteiger partial charge on any atom is -0.394 e. The molecule has 0 unspecified atom stereocenters. The summed E-state index contributed by atoms with van der Waals surface area (Å²) in [5.74, 6) is -0.166. The molecule has 0 aliphatic rings. The molecule has 4 nitrogen and oxygen atoms in total. The number of rotatable bonds is 4. The van der Waals surface area contributed by atoms with E-state index in [0.29, 0.717) is 5.69 Å². The Morgan fingerprint density at radius 2 is 2.19 bits per heavy atom. The summed E-state index contributed by atoms with van der Waals surface area (Å²) in [4.78, 5) is 11.9. The van der Waals surface area contributed by atoms with E-state index in [1.807, 2.05) is 24.6 Å². The van der Waals surface area contributed by atoms with Crippen molar-refractivity contribution in [3.8, 4) is 0 Å². The van der Waals surface area contributed by atoms with Gasteiger partial charge >= 0.3 is 0 Å². The van der Waals surface area contributed by atoms with Gasteiger partial charge in [0.1, 0.15) is 5.69 Å². The zero-order chi connectivity index (χ0) is 12.3. The lowest BCUT2D eigenvalue weighted by Crippen LogP contribution is -2.36. The summed E-state index contributed by atoms with van der Waals surface area (Å²) in [6.07, 6.45) is 1.88. The fourth-order valence-corrected chi connectivity index (χ4v) is 1.84. The van der Waals surface area contributed by atoms with Gasteiger partial charge in [0.05, 0.1) is 6.61 Å². The number of carbonyl (C=O) groups is 1. The van der Waals surface area contributed by atoms with Crippen LogP contribution < -0.4 is 5.32 Å². The van der Waals surface area contributed by atoms with Crippen LogP contribution >= 0.6 is 15.9 Å². The van der Waals surface area contributed by atoms with Crippen molar-refractivity contribution in [1.82, 2.24) is 9.88 Å². The fourth-order valence-electron chi connectivity index (χ4n) is 1.40. The maximum Gasteiger partial charge on any atom is 0.268 e. The molecule has 1 heterocycles. The lowest BCUT2D eigenvalue weighted by molar-refractivity contribution is 0.0911. The van der Waals surface area contributed by atoms with Crippen molar-refractivity contribution in [2.75, 3.05) is 6.61 Å².